The molecule has 9 heteroatoms. The molecule has 0 saturated heterocycles. The van der Waals surface area contributed by atoms with Gasteiger partial charge in [-0.2, -0.15) is 0 Å². The summed E-state index contributed by atoms with van der Waals surface area (Å²) in [5.41, 5.74) is 5.83. The monoisotopic (exact) mass is 391 g/mol. The van der Waals surface area contributed by atoms with Crippen molar-refractivity contribution in [2.45, 2.75) is 11.8 Å². The number of carbonyl (C=O) groups is 2. The van der Waals surface area contributed by atoms with E-state index in [9.17, 15) is 18.0 Å². The van der Waals surface area contributed by atoms with E-state index in [-0.39, 0.29) is 16.2 Å². The summed E-state index contributed by atoms with van der Waals surface area (Å²) >= 11 is 0. The lowest BCUT2D eigenvalue weighted by Crippen LogP contribution is -2.42. The molecule has 144 valence electrons. The number of benzene rings is 2. The molecular weight excluding hydrogens is 370 g/mol. The summed E-state index contributed by atoms with van der Waals surface area (Å²) in [4.78, 5) is 24.4. The maximum atomic E-state index is 12.4. The Hall–Kier alpha value is -2.91. The molecule has 0 fully saturated rings. The van der Waals surface area contributed by atoms with E-state index in [0.717, 1.165) is 9.87 Å². The second-order valence-corrected chi connectivity index (χ2v) is 8.00. The highest BCUT2D eigenvalue weighted by molar-refractivity contribution is 7.89. The maximum absolute atomic E-state index is 12.4. The van der Waals surface area contributed by atoms with E-state index in [0.29, 0.717) is 5.56 Å². The molecule has 0 aromatic heterocycles. The molecular formula is C18H21N3O5S. The van der Waals surface area contributed by atoms with Gasteiger partial charge in [0.05, 0.1) is 7.11 Å². The first-order valence-electron chi connectivity index (χ1n) is 7.95. The Morgan fingerprint density at radius 2 is 1.63 bits per heavy atom. The number of nitrogens with zero attached hydrogens (tertiary/aromatic N) is 1. The lowest BCUT2D eigenvalue weighted by Gasteiger charge is -2.15. The van der Waals surface area contributed by atoms with Crippen LogP contribution in [0.5, 0.6) is 5.75 Å². The van der Waals surface area contributed by atoms with Gasteiger partial charge in [0.1, 0.15) is 10.6 Å². The zero-order valence-electron chi connectivity index (χ0n) is 15.4. The van der Waals surface area contributed by atoms with Gasteiger partial charge in [0, 0.05) is 25.2 Å². The fraction of sp³-hybridized carbons (Fsp3) is 0.222. The highest BCUT2D eigenvalue weighted by Crippen LogP contribution is 2.26. The molecule has 0 radical (unpaired) electrons. The molecule has 0 aliphatic carbocycles. The van der Waals surface area contributed by atoms with Crippen LogP contribution in [0.15, 0.2) is 47.4 Å². The van der Waals surface area contributed by atoms with Crippen molar-refractivity contribution >= 4 is 21.8 Å². The average Bonchev–Trinajstić information content (AvgIpc) is 2.65. The van der Waals surface area contributed by atoms with Crippen molar-refractivity contribution < 1.29 is 22.7 Å². The molecule has 2 amide bonds. The Labute approximate surface area is 158 Å². The first-order chi connectivity index (χ1) is 12.7. The number of rotatable bonds is 5. The van der Waals surface area contributed by atoms with Crippen molar-refractivity contribution in [2.75, 3.05) is 21.2 Å². The van der Waals surface area contributed by atoms with Crippen molar-refractivity contribution in [1.82, 2.24) is 15.2 Å². The number of hydrogen-bond acceptors (Lipinski definition) is 5. The molecule has 8 nitrogen and oxygen atoms in total. The van der Waals surface area contributed by atoms with E-state index in [1.807, 2.05) is 0 Å². The number of nitrogens with one attached hydrogen (secondary N) is 2. The second kappa shape index (κ2) is 8.19. The summed E-state index contributed by atoms with van der Waals surface area (Å²) in [7, 11) is 0.283. The third-order valence-electron chi connectivity index (χ3n) is 3.86. The number of sulfonamides is 1. The minimum atomic E-state index is -3.81. The molecule has 2 rings (SSSR count). The number of hydrazine groups is 1. The van der Waals surface area contributed by atoms with Gasteiger partial charge in [-0.3, -0.25) is 20.4 Å². The van der Waals surface area contributed by atoms with Crippen LogP contribution in [0.25, 0.3) is 0 Å². The zero-order chi connectivity index (χ0) is 20.2. The van der Waals surface area contributed by atoms with E-state index in [1.165, 1.54) is 39.4 Å². The summed E-state index contributed by atoms with van der Waals surface area (Å²) in [6.07, 6.45) is 0. The number of amides is 2. The van der Waals surface area contributed by atoms with Crippen LogP contribution in [-0.4, -0.2) is 45.7 Å². The molecule has 0 aliphatic rings. The van der Waals surface area contributed by atoms with Crippen LogP contribution in [0.1, 0.15) is 26.3 Å². The van der Waals surface area contributed by atoms with Gasteiger partial charge in [-0.25, -0.2) is 12.7 Å². The number of carbonyl (C=O) groups excluding carboxylic acids is 2. The molecule has 0 unspecified atom stereocenters. The summed E-state index contributed by atoms with van der Waals surface area (Å²) < 4.78 is 30.9. The Balaban J connectivity index is 2.22. The predicted molar refractivity (Wildman–Crippen MR) is 100.0 cm³/mol. The predicted octanol–water partition coefficient (Wildman–Crippen LogP) is 1.33. The lowest BCUT2D eigenvalue weighted by atomic mass is 10.1. The van der Waals surface area contributed by atoms with Gasteiger partial charge in [-0.05, 0) is 36.8 Å². The highest BCUT2D eigenvalue weighted by atomic mass is 32.2. The quantitative estimate of drug-likeness (QED) is 0.748. The topological polar surface area (TPSA) is 105 Å². The first kappa shape index (κ1) is 20.4. The molecule has 2 aromatic carbocycles. The van der Waals surface area contributed by atoms with Gasteiger partial charge in [0.2, 0.25) is 10.0 Å². The molecule has 2 aromatic rings. The van der Waals surface area contributed by atoms with Crippen LogP contribution in [0.4, 0.5) is 0 Å². The third-order valence-corrected chi connectivity index (χ3v) is 5.70. The number of hydrogen-bond donors (Lipinski definition) is 2. The van der Waals surface area contributed by atoms with E-state index < -0.39 is 21.8 Å². The molecule has 2 N–H and O–H groups in total. The molecule has 0 spiro atoms. The molecule has 0 atom stereocenters. The van der Waals surface area contributed by atoms with Crippen molar-refractivity contribution in [3.05, 3.63) is 59.2 Å². The highest BCUT2D eigenvalue weighted by Gasteiger charge is 2.24. The van der Waals surface area contributed by atoms with E-state index in [2.05, 4.69) is 10.9 Å². The second-order valence-electron chi connectivity index (χ2n) is 5.88. The molecule has 0 heterocycles. The normalized spacial score (nSPS) is 11.1. The fourth-order valence-electron chi connectivity index (χ4n) is 2.30. The van der Waals surface area contributed by atoms with E-state index >= 15 is 0 Å². The largest absolute Gasteiger partial charge is 0.495 e. The molecule has 0 aliphatic heterocycles. The van der Waals surface area contributed by atoms with Crippen LogP contribution in [-0.2, 0) is 10.0 Å². The molecule has 0 saturated carbocycles. The Kier molecular flexibility index (Phi) is 6.19. The summed E-state index contributed by atoms with van der Waals surface area (Å²) in [5.74, 6) is -1.02. The summed E-state index contributed by atoms with van der Waals surface area (Å²) in [5, 5.41) is 0. The van der Waals surface area contributed by atoms with Gasteiger partial charge in [-0.15, -0.1) is 0 Å². The molecule has 27 heavy (non-hydrogen) atoms. The number of aryl methyl sites for hydroxylation is 1. The zero-order valence-corrected chi connectivity index (χ0v) is 16.3. The van der Waals surface area contributed by atoms with Crippen LogP contribution >= 0.6 is 0 Å². The smallest absolute Gasteiger partial charge is 0.269 e. The number of methoxy groups -OCH3 is 1. The number of ether oxygens (including phenoxy) is 1. The van der Waals surface area contributed by atoms with Crippen molar-refractivity contribution in [3.8, 4) is 5.75 Å². The van der Waals surface area contributed by atoms with Crippen molar-refractivity contribution in [1.29, 1.82) is 0 Å². The van der Waals surface area contributed by atoms with Gasteiger partial charge in [0.25, 0.3) is 11.8 Å². The standard InChI is InChI=1S/C18H21N3O5S/c1-12-7-5-6-8-14(12)18(23)20-19-17(22)13-9-10-15(26-4)16(11-13)27(24,25)21(2)3/h5-11H,1-4H3,(H,19,22)(H,20,23). The van der Waals surface area contributed by atoms with Crippen LogP contribution in [0.3, 0.4) is 0 Å². The first-order valence-corrected chi connectivity index (χ1v) is 9.39. The Morgan fingerprint density at radius 1 is 1.00 bits per heavy atom. The van der Waals surface area contributed by atoms with Crippen LogP contribution in [0.2, 0.25) is 0 Å². The van der Waals surface area contributed by atoms with Crippen LogP contribution < -0.4 is 15.6 Å². The lowest BCUT2D eigenvalue weighted by molar-refractivity contribution is 0.0846. The van der Waals surface area contributed by atoms with Crippen molar-refractivity contribution in [2.24, 2.45) is 0 Å². The van der Waals surface area contributed by atoms with E-state index in [1.54, 1.807) is 31.2 Å². The summed E-state index contributed by atoms with van der Waals surface area (Å²) in [6.45, 7) is 1.78. The van der Waals surface area contributed by atoms with Gasteiger partial charge in [0.15, 0.2) is 0 Å². The van der Waals surface area contributed by atoms with E-state index in [4.69, 9.17) is 4.74 Å². The minimum Gasteiger partial charge on any atom is -0.495 e. The van der Waals surface area contributed by atoms with Crippen LogP contribution in [0, 0.1) is 6.92 Å². The minimum absolute atomic E-state index is 0.0568. The Bertz CT molecular complexity index is 971. The van der Waals surface area contributed by atoms with Crippen molar-refractivity contribution in [3.63, 3.8) is 0 Å². The third kappa shape index (κ3) is 4.44. The summed E-state index contributed by atoms with van der Waals surface area (Å²) in [6, 6.07) is 10.9. The SMILES string of the molecule is COc1ccc(C(=O)NNC(=O)c2ccccc2C)cc1S(=O)(=O)N(C)C. The van der Waals surface area contributed by atoms with Gasteiger partial charge < -0.3 is 4.74 Å². The molecule has 0 bridgehead atoms. The van der Waals surface area contributed by atoms with Gasteiger partial charge in [-0.1, -0.05) is 18.2 Å². The fourth-order valence-corrected chi connectivity index (χ4v) is 3.37. The van der Waals surface area contributed by atoms with Gasteiger partial charge >= 0.3 is 0 Å². The average molecular weight is 391 g/mol. The Morgan fingerprint density at radius 3 is 2.22 bits per heavy atom. The maximum Gasteiger partial charge on any atom is 0.269 e.